The number of hydrogen-bond donors (Lipinski definition) is 0. The smallest absolute Gasteiger partial charge is 0.261 e. The summed E-state index contributed by atoms with van der Waals surface area (Å²) in [5.74, 6) is 0. The van der Waals surface area contributed by atoms with Crippen molar-refractivity contribution in [3.8, 4) is 0 Å². The summed E-state index contributed by atoms with van der Waals surface area (Å²) in [4.78, 5) is 11.6. The Balaban J connectivity index is 2.02. The fourth-order valence-electron chi connectivity index (χ4n) is 4.25. The Kier molecular flexibility index (Phi) is 7.41. The SMILES string of the molecule is CC(C)(C)[Si](O[C@@H](CC=O)CCc1ccccc1)(c1ccccc1)c1ccccc1. The second-order valence-electron chi connectivity index (χ2n) is 8.83. The molecule has 0 aliphatic heterocycles. The summed E-state index contributed by atoms with van der Waals surface area (Å²) < 4.78 is 7.14. The molecular formula is C27H32O2Si. The van der Waals surface area contributed by atoms with E-state index in [9.17, 15) is 4.79 Å². The van der Waals surface area contributed by atoms with E-state index in [0.29, 0.717) is 6.42 Å². The van der Waals surface area contributed by atoms with Crippen LogP contribution in [-0.4, -0.2) is 20.7 Å². The molecule has 0 heterocycles. The lowest BCUT2D eigenvalue weighted by Crippen LogP contribution is -2.67. The summed E-state index contributed by atoms with van der Waals surface area (Å²) in [7, 11) is -2.65. The first-order valence-corrected chi connectivity index (χ1v) is 12.6. The highest BCUT2D eigenvalue weighted by molar-refractivity contribution is 6.99. The van der Waals surface area contributed by atoms with E-state index in [1.54, 1.807) is 0 Å². The van der Waals surface area contributed by atoms with E-state index < -0.39 is 8.32 Å². The van der Waals surface area contributed by atoms with Crippen LogP contribution in [0.1, 0.15) is 39.2 Å². The van der Waals surface area contributed by atoms with E-state index in [0.717, 1.165) is 19.1 Å². The Morgan fingerprint density at radius 3 is 1.70 bits per heavy atom. The molecule has 0 amide bonds. The molecule has 0 aliphatic carbocycles. The van der Waals surface area contributed by atoms with Gasteiger partial charge in [0.05, 0.1) is 6.10 Å². The van der Waals surface area contributed by atoms with Crippen molar-refractivity contribution in [3.63, 3.8) is 0 Å². The van der Waals surface area contributed by atoms with E-state index >= 15 is 0 Å². The average molecular weight is 417 g/mol. The highest BCUT2D eigenvalue weighted by Gasteiger charge is 2.51. The van der Waals surface area contributed by atoms with Crippen molar-refractivity contribution in [1.82, 2.24) is 0 Å². The third-order valence-electron chi connectivity index (χ3n) is 5.72. The molecule has 1 atom stereocenters. The zero-order valence-corrected chi connectivity index (χ0v) is 19.3. The molecule has 3 aromatic rings. The predicted octanol–water partition coefficient (Wildman–Crippen LogP) is 5.15. The largest absolute Gasteiger partial charge is 0.404 e. The number of aryl methyl sites for hydroxylation is 1. The van der Waals surface area contributed by atoms with Crippen LogP contribution in [-0.2, 0) is 15.6 Å². The summed E-state index contributed by atoms with van der Waals surface area (Å²) in [5.41, 5.74) is 1.28. The van der Waals surface area contributed by atoms with Gasteiger partial charge in [0.2, 0.25) is 0 Å². The molecule has 3 aromatic carbocycles. The number of carbonyl (C=O) groups excluding carboxylic acids is 1. The van der Waals surface area contributed by atoms with E-state index in [-0.39, 0.29) is 11.1 Å². The predicted molar refractivity (Wildman–Crippen MR) is 128 cm³/mol. The van der Waals surface area contributed by atoms with Gasteiger partial charge in [-0.1, -0.05) is 112 Å². The van der Waals surface area contributed by atoms with Gasteiger partial charge in [-0.3, -0.25) is 0 Å². The molecule has 0 saturated heterocycles. The van der Waals surface area contributed by atoms with Crippen molar-refractivity contribution in [2.24, 2.45) is 0 Å². The first kappa shape index (κ1) is 22.2. The van der Waals surface area contributed by atoms with E-state index in [4.69, 9.17) is 4.43 Å². The van der Waals surface area contributed by atoms with Gasteiger partial charge in [-0.15, -0.1) is 0 Å². The highest BCUT2D eigenvalue weighted by atomic mass is 28.4. The lowest BCUT2D eigenvalue weighted by molar-refractivity contribution is -0.109. The molecule has 0 N–H and O–H groups in total. The van der Waals surface area contributed by atoms with E-state index in [1.807, 2.05) is 6.07 Å². The fraction of sp³-hybridized carbons (Fsp3) is 0.296. The average Bonchev–Trinajstić information content (AvgIpc) is 2.77. The van der Waals surface area contributed by atoms with Gasteiger partial charge < -0.3 is 9.22 Å². The minimum atomic E-state index is -2.65. The van der Waals surface area contributed by atoms with Gasteiger partial charge in [0.15, 0.2) is 0 Å². The molecule has 0 saturated carbocycles. The standard InChI is InChI=1S/C27H32O2Si/c1-27(2,3)30(25-15-9-5-10-16-25,26-17-11-6-12-18-26)29-24(21-22-28)20-19-23-13-7-4-8-14-23/h4-18,22,24H,19-21H2,1-3H3/t24-/m1/s1. The maximum atomic E-state index is 11.6. The number of rotatable bonds is 9. The molecule has 0 spiro atoms. The maximum Gasteiger partial charge on any atom is 0.261 e. The molecule has 156 valence electrons. The van der Waals surface area contributed by atoms with Gasteiger partial charge >= 0.3 is 0 Å². The number of carbonyl (C=O) groups is 1. The lowest BCUT2D eigenvalue weighted by Gasteiger charge is -2.45. The number of hydrogen-bond acceptors (Lipinski definition) is 2. The molecule has 2 nitrogen and oxygen atoms in total. The van der Waals surface area contributed by atoms with Crippen molar-refractivity contribution in [2.45, 2.75) is 51.2 Å². The third-order valence-corrected chi connectivity index (χ3v) is 10.8. The molecule has 0 fully saturated rings. The summed E-state index contributed by atoms with van der Waals surface area (Å²) >= 11 is 0. The second-order valence-corrected chi connectivity index (χ2v) is 13.1. The van der Waals surface area contributed by atoms with E-state index in [2.05, 4.69) is 106 Å². The van der Waals surface area contributed by atoms with Crippen LogP contribution in [0.2, 0.25) is 5.04 Å². The van der Waals surface area contributed by atoms with Crippen molar-refractivity contribution in [1.29, 1.82) is 0 Å². The van der Waals surface area contributed by atoms with Crippen LogP contribution in [0.25, 0.3) is 0 Å². The van der Waals surface area contributed by atoms with Crippen LogP contribution in [0.4, 0.5) is 0 Å². The van der Waals surface area contributed by atoms with Crippen molar-refractivity contribution < 1.29 is 9.22 Å². The van der Waals surface area contributed by atoms with Gasteiger partial charge in [-0.05, 0) is 33.8 Å². The maximum absolute atomic E-state index is 11.6. The minimum Gasteiger partial charge on any atom is -0.404 e. The Morgan fingerprint density at radius 1 is 0.800 bits per heavy atom. The third kappa shape index (κ3) is 4.97. The molecule has 0 bridgehead atoms. The zero-order chi connectivity index (χ0) is 21.5. The van der Waals surface area contributed by atoms with Crippen LogP contribution >= 0.6 is 0 Å². The Morgan fingerprint density at radius 2 is 1.27 bits per heavy atom. The lowest BCUT2D eigenvalue weighted by atomic mass is 10.1. The fourth-order valence-corrected chi connectivity index (χ4v) is 8.97. The molecule has 3 rings (SSSR count). The van der Waals surface area contributed by atoms with Crippen LogP contribution < -0.4 is 10.4 Å². The topological polar surface area (TPSA) is 26.3 Å². The molecule has 3 heteroatoms. The van der Waals surface area contributed by atoms with Gasteiger partial charge in [0.25, 0.3) is 8.32 Å². The summed E-state index contributed by atoms with van der Waals surface area (Å²) in [6.45, 7) is 6.82. The summed E-state index contributed by atoms with van der Waals surface area (Å²) in [6.07, 6.45) is 3.03. The highest BCUT2D eigenvalue weighted by Crippen LogP contribution is 2.38. The Bertz CT molecular complexity index is 862. The summed E-state index contributed by atoms with van der Waals surface area (Å²) in [6, 6.07) is 31.7. The zero-order valence-electron chi connectivity index (χ0n) is 18.3. The van der Waals surface area contributed by atoms with E-state index in [1.165, 1.54) is 15.9 Å². The molecule has 30 heavy (non-hydrogen) atoms. The molecule has 0 radical (unpaired) electrons. The van der Waals surface area contributed by atoms with Gasteiger partial charge in [-0.2, -0.15) is 0 Å². The number of aldehydes is 1. The van der Waals surface area contributed by atoms with Crippen molar-refractivity contribution >= 4 is 25.0 Å². The minimum absolute atomic E-state index is 0.0937. The molecule has 0 aromatic heterocycles. The van der Waals surface area contributed by atoms with Crippen LogP contribution in [0, 0.1) is 0 Å². The van der Waals surface area contributed by atoms with Gasteiger partial charge in [-0.25, -0.2) is 0 Å². The molecule has 0 unspecified atom stereocenters. The van der Waals surface area contributed by atoms with Crippen molar-refractivity contribution in [3.05, 3.63) is 96.6 Å². The second kappa shape index (κ2) is 10.0. The van der Waals surface area contributed by atoms with Gasteiger partial charge in [0.1, 0.15) is 6.29 Å². The summed E-state index contributed by atoms with van der Waals surface area (Å²) in [5, 5.41) is 2.41. The van der Waals surface area contributed by atoms with Crippen molar-refractivity contribution in [2.75, 3.05) is 0 Å². The normalized spacial score (nSPS) is 13.0. The first-order valence-electron chi connectivity index (χ1n) is 10.7. The monoisotopic (exact) mass is 416 g/mol. The van der Waals surface area contributed by atoms with Crippen LogP contribution in [0.15, 0.2) is 91.0 Å². The number of benzene rings is 3. The quantitative estimate of drug-likeness (QED) is 0.356. The first-order chi connectivity index (χ1) is 14.5. The molecule has 0 aliphatic rings. The van der Waals surface area contributed by atoms with Gasteiger partial charge in [0, 0.05) is 6.42 Å². The molecular weight excluding hydrogens is 384 g/mol. The van der Waals surface area contributed by atoms with Crippen LogP contribution in [0.5, 0.6) is 0 Å². The Hall–Kier alpha value is -2.49. The van der Waals surface area contributed by atoms with Crippen LogP contribution in [0.3, 0.4) is 0 Å². The Labute approximate surface area is 182 Å².